The van der Waals surface area contributed by atoms with Crippen LogP contribution in [0.2, 0.25) is 0 Å². The summed E-state index contributed by atoms with van der Waals surface area (Å²) >= 11 is 0. The van der Waals surface area contributed by atoms with Crippen LogP contribution in [0.5, 0.6) is 5.75 Å². The molecule has 204 valence electrons. The van der Waals surface area contributed by atoms with Crippen molar-refractivity contribution in [3.8, 4) is 5.75 Å². The molecule has 4 aromatic rings. The number of benzene rings is 4. The Kier molecular flexibility index (Phi) is 9.97. The molecule has 0 bridgehead atoms. The maximum Gasteiger partial charge on any atom is 0.408 e. The molecule has 7 nitrogen and oxygen atoms in total. The number of nitrogens with one attached hydrogen (secondary N) is 1. The Morgan fingerprint density at radius 2 is 1.40 bits per heavy atom. The lowest BCUT2D eigenvalue weighted by Crippen LogP contribution is -2.43. The van der Waals surface area contributed by atoms with Gasteiger partial charge in [0.15, 0.2) is 0 Å². The average molecular weight is 560 g/mol. The number of carbonyl (C=O) groups excluding carboxylic acids is 3. The van der Waals surface area contributed by atoms with Crippen molar-refractivity contribution in [2.24, 2.45) is 0 Å². The Bertz CT molecular complexity index is 1400. The molecule has 0 aromatic heterocycles. The highest BCUT2D eigenvalue weighted by molar-refractivity contribution is 7.80. The summed E-state index contributed by atoms with van der Waals surface area (Å²) in [4.78, 5) is 37.7. The molecule has 0 fully saturated rings. The first kappa shape index (κ1) is 28.5. The lowest BCUT2D eigenvalue weighted by atomic mass is 10.2. The minimum atomic E-state index is -1.35. The van der Waals surface area contributed by atoms with E-state index in [1.165, 1.54) is 18.2 Å². The molecular weight excluding hydrogens is 532 g/mol. The van der Waals surface area contributed by atoms with Crippen LogP contribution in [0.25, 0.3) is 0 Å². The maximum atomic E-state index is 14.5. The van der Waals surface area contributed by atoms with Crippen molar-refractivity contribution in [3.63, 3.8) is 0 Å². The lowest BCUT2D eigenvalue weighted by Gasteiger charge is -2.22. The lowest BCUT2D eigenvalue weighted by molar-refractivity contribution is -0.147. The minimum Gasteiger partial charge on any atom is -0.467 e. The number of hydrogen-bond acceptors (Lipinski definition) is 6. The Morgan fingerprint density at radius 3 is 1.98 bits per heavy atom. The third-order valence-electron chi connectivity index (χ3n) is 5.78. The van der Waals surface area contributed by atoms with Gasteiger partial charge in [-0.15, -0.1) is 0 Å². The van der Waals surface area contributed by atoms with E-state index in [1.807, 2.05) is 66.7 Å². The van der Waals surface area contributed by atoms with Crippen molar-refractivity contribution in [1.29, 1.82) is 0 Å². The normalized spacial score (nSPS) is 11.4. The van der Waals surface area contributed by atoms with Gasteiger partial charge in [-0.05, 0) is 42.3 Å². The van der Waals surface area contributed by atoms with Crippen LogP contribution < -0.4 is 26.0 Å². The molecule has 4 rings (SSSR count). The average Bonchev–Trinajstić information content (AvgIpc) is 2.98. The fourth-order valence-electron chi connectivity index (χ4n) is 3.91. The molecule has 1 atom stereocenters. The number of halogens is 1. The smallest absolute Gasteiger partial charge is 0.408 e. The summed E-state index contributed by atoms with van der Waals surface area (Å²) in [5, 5.41) is 4.72. The Hall–Kier alpha value is -4.55. The second kappa shape index (κ2) is 14.0. The summed E-state index contributed by atoms with van der Waals surface area (Å²) in [7, 11) is -0.148. The van der Waals surface area contributed by atoms with Gasteiger partial charge in [-0.2, -0.15) is 0 Å². The van der Waals surface area contributed by atoms with Crippen LogP contribution in [0.15, 0.2) is 109 Å². The zero-order valence-corrected chi connectivity index (χ0v) is 22.6. The topological polar surface area (TPSA) is 90.9 Å². The molecule has 9 heteroatoms. The molecular formula is C31H27FNO6P. The first-order valence-corrected chi connectivity index (χ1v) is 13.7. The highest BCUT2D eigenvalue weighted by atomic mass is 31.1. The standard InChI is InChI=1S/C31H27FNO6P/c1-37-30(35)26(33-31(36)38-21-22-11-5-2-6-12-22)20-29(34)39-27-18-17-23(32)19-28(27)40(24-13-7-3-8-14-24)25-15-9-4-10-16-25/h2-19,26H,20-21H2,1H3,(H,33,36)/t26-/m0/s1. The fraction of sp³-hybridized carbons (Fsp3) is 0.129. The number of alkyl carbamates (subject to hydrolysis) is 1. The van der Waals surface area contributed by atoms with Crippen molar-refractivity contribution in [1.82, 2.24) is 5.32 Å². The van der Waals surface area contributed by atoms with E-state index in [9.17, 15) is 18.8 Å². The van der Waals surface area contributed by atoms with Crippen LogP contribution in [0.3, 0.4) is 0 Å². The van der Waals surface area contributed by atoms with Gasteiger partial charge in [0.2, 0.25) is 0 Å². The van der Waals surface area contributed by atoms with Crippen LogP contribution >= 0.6 is 7.92 Å². The van der Waals surface area contributed by atoms with Gasteiger partial charge < -0.3 is 19.5 Å². The molecule has 0 spiro atoms. The van der Waals surface area contributed by atoms with E-state index >= 15 is 0 Å². The van der Waals surface area contributed by atoms with Crippen LogP contribution in [-0.2, 0) is 25.7 Å². The van der Waals surface area contributed by atoms with Gasteiger partial charge in [-0.25, -0.2) is 14.0 Å². The number of esters is 2. The zero-order valence-electron chi connectivity index (χ0n) is 21.7. The molecule has 0 radical (unpaired) electrons. The molecule has 0 saturated carbocycles. The number of carbonyl (C=O) groups is 3. The monoisotopic (exact) mass is 559 g/mol. The Labute approximate surface area is 232 Å². The molecule has 4 aromatic carbocycles. The molecule has 0 unspecified atom stereocenters. The highest BCUT2D eigenvalue weighted by Gasteiger charge is 2.28. The van der Waals surface area contributed by atoms with Gasteiger partial charge in [0.25, 0.3) is 0 Å². The summed E-state index contributed by atoms with van der Waals surface area (Å²) in [5.74, 6) is -1.99. The van der Waals surface area contributed by atoms with E-state index in [2.05, 4.69) is 5.32 Å². The predicted octanol–water partition coefficient (Wildman–Crippen LogP) is 4.35. The van der Waals surface area contributed by atoms with Crippen molar-refractivity contribution in [3.05, 3.63) is 121 Å². The molecule has 1 amide bonds. The predicted molar refractivity (Wildman–Crippen MR) is 151 cm³/mol. The summed E-state index contributed by atoms with van der Waals surface area (Å²) in [5.41, 5.74) is 0.754. The van der Waals surface area contributed by atoms with Gasteiger partial charge in [0.05, 0.1) is 13.5 Å². The van der Waals surface area contributed by atoms with E-state index in [4.69, 9.17) is 14.2 Å². The summed E-state index contributed by atoms with van der Waals surface area (Å²) in [6.45, 7) is -0.0214. The summed E-state index contributed by atoms with van der Waals surface area (Å²) in [6, 6.07) is 30.7. The van der Waals surface area contributed by atoms with Crippen molar-refractivity contribution < 1.29 is 33.0 Å². The summed E-state index contributed by atoms with van der Waals surface area (Å²) in [6.07, 6.45) is -1.43. The molecule has 0 aliphatic rings. The molecule has 0 aliphatic carbocycles. The number of amides is 1. The fourth-order valence-corrected chi connectivity index (χ4v) is 6.29. The van der Waals surface area contributed by atoms with Crippen molar-refractivity contribution in [2.45, 2.75) is 19.1 Å². The van der Waals surface area contributed by atoms with E-state index in [-0.39, 0.29) is 12.4 Å². The van der Waals surface area contributed by atoms with Crippen molar-refractivity contribution >= 4 is 41.9 Å². The van der Waals surface area contributed by atoms with E-state index in [1.54, 1.807) is 24.3 Å². The van der Waals surface area contributed by atoms with Crippen LogP contribution in [0.1, 0.15) is 12.0 Å². The number of rotatable bonds is 10. The second-order valence-corrected chi connectivity index (χ2v) is 10.8. The number of ether oxygens (including phenoxy) is 3. The van der Waals surface area contributed by atoms with Crippen LogP contribution in [-0.4, -0.2) is 31.2 Å². The minimum absolute atomic E-state index is 0.0214. The Morgan fingerprint density at radius 1 is 0.825 bits per heavy atom. The maximum absolute atomic E-state index is 14.5. The van der Waals surface area contributed by atoms with Gasteiger partial charge in [-0.3, -0.25) is 4.79 Å². The third-order valence-corrected chi connectivity index (χ3v) is 8.24. The molecule has 0 saturated heterocycles. The van der Waals surface area contributed by atoms with E-state index in [0.29, 0.717) is 5.30 Å². The van der Waals surface area contributed by atoms with Gasteiger partial charge in [0, 0.05) is 5.30 Å². The zero-order chi connectivity index (χ0) is 28.3. The first-order chi connectivity index (χ1) is 19.4. The van der Waals surface area contributed by atoms with Crippen molar-refractivity contribution in [2.75, 3.05) is 7.11 Å². The number of hydrogen-bond donors (Lipinski definition) is 1. The van der Waals surface area contributed by atoms with E-state index < -0.39 is 44.2 Å². The number of methoxy groups -OCH3 is 1. The third kappa shape index (κ3) is 7.74. The Balaban J connectivity index is 1.53. The molecule has 0 aliphatic heterocycles. The molecule has 1 N–H and O–H groups in total. The highest BCUT2D eigenvalue weighted by Crippen LogP contribution is 2.36. The second-order valence-electron chi connectivity index (χ2n) is 8.58. The van der Waals surface area contributed by atoms with Gasteiger partial charge in [-0.1, -0.05) is 91.0 Å². The molecule has 0 heterocycles. The SMILES string of the molecule is COC(=O)[C@H](CC(=O)Oc1ccc(F)cc1P(c1ccccc1)c1ccccc1)NC(=O)OCc1ccccc1. The van der Waals surface area contributed by atoms with Crippen LogP contribution in [0, 0.1) is 5.82 Å². The summed E-state index contributed by atoms with van der Waals surface area (Å²) < 4.78 is 30.1. The molecule has 40 heavy (non-hydrogen) atoms. The largest absolute Gasteiger partial charge is 0.467 e. The van der Waals surface area contributed by atoms with E-state index in [0.717, 1.165) is 23.3 Å². The quantitative estimate of drug-likeness (QED) is 0.177. The first-order valence-electron chi connectivity index (χ1n) is 12.4. The van der Waals surface area contributed by atoms with Gasteiger partial charge in [0.1, 0.15) is 24.2 Å². The van der Waals surface area contributed by atoms with Gasteiger partial charge >= 0.3 is 18.0 Å². The van der Waals surface area contributed by atoms with Crippen LogP contribution in [0.4, 0.5) is 9.18 Å².